The Morgan fingerprint density at radius 1 is 1.04 bits per heavy atom. The van der Waals surface area contributed by atoms with Crippen molar-refractivity contribution < 1.29 is 4.79 Å². The lowest BCUT2D eigenvalue weighted by atomic mass is 10.1. The molecule has 0 saturated heterocycles. The van der Waals surface area contributed by atoms with E-state index in [2.05, 4.69) is 41.4 Å². The van der Waals surface area contributed by atoms with Gasteiger partial charge in [-0.2, -0.15) is 0 Å². The van der Waals surface area contributed by atoms with Crippen LogP contribution in [0.4, 0.5) is 0 Å². The number of nitrogens with one attached hydrogen (secondary N) is 1. The Morgan fingerprint density at radius 2 is 1.74 bits per heavy atom. The third-order valence-corrected chi connectivity index (χ3v) is 3.67. The number of nitrogens with two attached hydrogens (primary N) is 1. The molecule has 122 valence electrons. The first-order chi connectivity index (χ1) is 11.2. The van der Waals surface area contributed by atoms with Crippen LogP contribution in [0.15, 0.2) is 54.6 Å². The molecule has 0 radical (unpaired) electrons. The van der Waals surface area contributed by atoms with Crippen molar-refractivity contribution in [2.24, 2.45) is 5.73 Å². The minimum atomic E-state index is 0.0231. The highest BCUT2D eigenvalue weighted by Gasteiger charge is 2.10. The molecule has 0 heterocycles. The number of aryl methyl sites for hydroxylation is 1. The number of carbonyl (C=O) groups excluding carboxylic acids is 1. The first kappa shape index (κ1) is 17.2. The van der Waals surface area contributed by atoms with Crippen LogP contribution in [0.2, 0.25) is 0 Å². The third-order valence-electron chi connectivity index (χ3n) is 3.67. The van der Waals surface area contributed by atoms with Crippen LogP contribution in [0.5, 0.6) is 0 Å². The first-order valence-corrected chi connectivity index (χ1v) is 7.96. The summed E-state index contributed by atoms with van der Waals surface area (Å²) in [6, 6.07) is 18.3. The predicted octanol–water partition coefficient (Wildman–Crippen LogP) is 2.07. The van der Waals surface area contributed by atoms with Crippen LogP contribution in [0.3, 0.4) is 0 Å². The molecule has 0 saturated carbocycles. The van der Waals surface area contributed by atoms with Crippen LogP contribution < -0.4 is 11.1 Å². The maximum atomic E-state index is 12.2. The fourth-order valence-corrected chi connectivity index (χ4v) is 2.40. The van der Waals surface area contributed by atoms with E-state index >= 15 is 0 Å². The molecule has 0 bridgehead atoms. The van der Waals surface area contributed by atoms with Crippen LogP contribution in [0.1, 0.15) is 16.7 Å². The summed E-state index contributed by atoms with van der Waals surface area (Å²) in [7, 11) is 0. The fourth-order valence-electron chi connectivity index (χ4n) is 2.40. The summed E-state index contributed by atoms with van der Waals surface area (Å²) in [4.78, 5) is 14.2. The van der Waals surface area contributed by atoms with Crippen LogP contribution in [-0.4, -0.2) is 30.4 Å². The minimum Gasteiger partial charge on any atom is -0.351 e. The lowest BCUT2D eigenvalue weighted by molar-refractivity contribution is -0.122. The molecule has 23 heavy (non-hydrogen) atoms. The molecule has 0 spiro atoms. The smallest absolute Gasteiger partial charge is 0.234 e. The number of benzene rings is 2. The summed E-state index contributed by atoms with van der Waals surface area (Å²) in [5.74, 6) is 0.0231. The molecular formula is C19H25N3O. The second-order valence-electron chi connectivity index (χ2n) is 5.75. The van der Waals surface area contributed by atoms with Gasteiger partial charge in [0.15, 0.2) is 0 Å². The number of rotatable bonds is 8. The van der Waals surface area contributed by atoms with Crippen LogP contribution in [-0.2, 0) is 17.9 Å². The Labute approximate surface area is 138 Å². The van der Waals surface area contributed by atoms with Gasteiger partial charge in [0.2, 0.25) is 5.91 Å². The molecule has 3 N–H and O–H groups in total. The molecule has 2 aromatic carbocycles. The lowest BCUT2D eigenvalue weighted by Crippen LogP contribution is -2.39. The first-order valence-electron chi connectivity index (χ1n) is 7.96. The van der Waals surface area contributed by atoms with Gasteiger partial charge in [0.25, 0.3) is 0 Å². The maximum Gasteiger partial charge on any atom is 0.234 e. The van der Waals surface area contributed by atoms with Crippen LogP contribution >= 0.6 is 0 Å². The molecule has 0 unspecified atom stereocenters. The van der Waals surface area contributed by atoms with Gasteiger partial charge in [-0.3, -0.25) is 9.69 Å². The Balaban J connectivity index is 1.83. The third kappa shape index (κ3) is 6.22. The van der Waals surface area contributed by atoms with Crippen molar-refractivity contribution in [3.8, 4) is 0 Å². The highest BCUT2D eigenvalue weighted by Crippen LogP contribution is 2.05. The fraction of sp³-hybridized carbons (Fsp3) is 0.316. The molecule has 1 amide bonds. The second kappa shape index (κ2) is 9.08. The topological polar surface area (TPSA) is 58.4 Å². The van der Waals surface area contributed by atoms with Crippen molar-refractivity contribution in [2.45, 2.75) is 20.0 Å². The van der Waals surface area contributed by atoms with Crippen LogP contribution in [0.25, 0.3) is 0 Å². The number of amides is 1. The van der Waals surface area contributed by atoms with Gasteiger partial charge in [0, 0.05) is 26.2 Å². The zero-order chi connectivity index (χ0) is 16.5. The molecule has 0 atom stereocenters. The molecule has 0 aliphatic carbocycles. The van der Waals surface area contributed by atoms with E-state index in [-0.39, 0.29) is 5.91 Å². The van der Waals surface area contributed by atoms with E-state index in [4.69, 9.17) is 5.73 Å². The molecule has 2 rings (SSSR count). The zero-order valence-corrected chi connectivity index (χ0v) is 13.7. The summed E-state index contributed by atoms with van der Waals surface area (Å²) in [6.07, 6.45) is 0. The van der Waals surface area contributed by atoms with E-state index in [1.807, 2.05) is 30.3 Å². The quantitative estimate of drug-likeness (QED) is 0.785. The van der Waals surface area contributed by atoms with E-state index < -0.39 is 0 Å². The van der Waals surface area contributed by atoms with Crippen molar-refractivity contribution in [2.75, 3.05) is 19.6 Å². The molecule has 0 aliphatic rings. The van der Waals surface area contributed by atoms with Crippen molar-refractivity contribution in [3.05, 3.63) is 71.3 Å². The molecule has 4 heteroatoms. The number of hydrogen-bond donors (Lipinski definition) is 2. The molecule has 4 nitrogen and oxygen atoms in total. The summed E-state index contributed by atoms with van der Waals surface area (Å²) < 4.78 is 0. The largest absolute Gasteiger partial charge is 0.351 e. The van der Waals surface area contributed by atoms with E-state index in [1.54, 1.807) is 0 Å². The molecular weight excluding hydrogens is 286 g/mol. The average Bonchev–Trinajstić information content (AvgIpc) is 2.55. The predicted molar refractivity (Wildman–Crippen MR) is 93.8 cm³/mol. The van der Waals surface area contributed by atoms with Gasteiger partial charge < -0.3 is 11.1 Å². The van der Waals surface area contributed by atoms with Crippen molar-refractivity contribution >= 4 is 5.91 Å². The van der Waals surface area contributed by atoms with Crippen LogP contribution in [0, 0.1) is 6.92 Å². The van der Waals surface area contributed by atoms with Gasteiger partial charge in [0.05, 0.1) is 6.54 Å². The normalized spacial score (nSPS) is 10.7. The monoisotopic (exact) mass is 311 g/mol. The van der Waals surface area contributed by atoms with Gasteiger partial charge in [-0.25, -0.2) is 0 Å². The minimum absolute atomic E-state index is 0.0231. The lowest BCUT2D eigenvalue weighted by Gasteiger charge is -2.21. The van der Waals surface area contributed by atoms with E-state index in [0.717, 1.165) is 12.1 Å². The standard InChI is InChI=1S/C19H25N3O/c1-16-7-9-17(10-8-16)13-21-19(23)15-22(12-11-20)14-18-5-3-2-4-6-18/h2-10H,11-15,20H2,1H3,(H,21,23). The SMILES string of the molecule is Cc1ccc(CNC(=O)CN(CCN)Cc2ccccc2)cc1. The molecule has 0 aliphatic heterocycles. The number of carbonyl (C=O) groups is 1. The summed E-state index contributed by atoms with van der Waals surface area (Å²) in [5.41, 5.74) is 9.18. The average molecular weight is 311 g/mol. The second-order valence-corrected chi connectivity index (χ2v) is 5.75. The van der Waals surface area contributed by atoms with Crippen molar-refractivity contribution in [1.29, 1.82) is 0 Å². The van der Waals surface area contributed by atoms with E-state index in [0.29, 0.717) is 26.2 Å². The van der Waals surface area contributed by atoms with Gasteiger partial charge in [-0.05, 0) is 18.1 Å². The van der Waals surface area contributed by atoms with E-state index in [9.17, 15) is 4.79 Å². The molecule has 0 aromatic heterocycles. The zero-order valence-electron chi connectivity index (χ0n) is 13.7. The summed E-state index contributed by atoms with van der Waals surface area (Å²) >= 11 is 0. The van der Waals surface area contributed by atoms with E-state index in [1.165, 1.54) is 11.1 Å². The Hall–Kier alpha value is -2.17. The highest BCUT2D eigenvalue weighted by atomic mass is 16.2. The van der Waals surface area contributed by atoms with Gasteiger partial charge >= 0.3 is 0 Å². The van der Waals surface area contributed by atoms with Gasteiger partial charge in [-0.15, -0.1) is 0 Å². The Morgan fingerprint density at radius 3 is 2.39 bits per heavy atom. The van der Waals surface area contributed by atoms with Crippen molar-refractivity contribution in [3.63, 3.8) is 0 Å². The number of nitrogens with zero attached hydrogens (tertiary/aromatic N) is 1. The maximum absolute atomic E-state index is 12.2. The number of hydrogen-bond acceptors (Lipinski definition) is 3. The summed E-state index contributed by atoms with van der Waals surface area (Å²) in [5, 5.41) is 2.97. The van der Waals surface area contributed by atoms with Gasteiger partial charge in [-0.1, -0.05) is 60.2 Å². The van der Waals surface area contributed by atoms with Crippen molar-refractivity contribution in [1.82, 2.24) is 10.2 Å². The molecule has 2 aromatic rings. The summed E-state index contributed by atoms with van der Waals surface area (Å²) in [6.45, 7) is 4.94. The Kier molecular flexibility index (Phi) is 6.78. The highest BCUT2D eigenvalue weighted by molar-refractivity contribution is 5.78. The van der Waals surface area contributed by atoms with Gasteiger partial charge in [0.1, 0.15) is 0 Å². The molecule has 0 fully saturated rings. The Bertz CT molecular complexity index is 596.